The largest absolute Gasteiger partial charge is 0.508 e. The molecule has 9 aromatic rings. The number of rotatable bonds is 4. The predicted octanol–water partition coefficient (Wildman–Crippen LogP) is 23.4. The van der Waals surface area contributed by atoms with Crippen molar-refractivity contribution in [3.8, 4) is 92.0 Å². The average Bonchev–Trinajstić information content (AvgIpc) is 1.08. The number of benzene rings is 9. The van der Waals surface area contributed by atoms with Gasteiger partial charge in [0.2, 0.25) is 12.5 Å². The van der Waals surface area contributed by atoms with Crippen molar-refractivity contribution >= 4 is 5.97 Å². The van der Waals surface area contributed by atoms with Crippen molar-refractivity contribution in [2.45, 2.75) is 236 Å². The first-order valence-electron chi connectivity index (χ1n) is 38.5. The molecule has 0 saturated heterocycles. The number of fused-ring (bicyclic) bond motifs is 2. The third-order valence-corrected chi connectivity index (χ3v) is 18.2. The van der Waals surface area contributed by atoms with Gasteiger partial charge in [-0.05, 0) is 196 Å². The van der Waals surface area contributed by atoms with Crippen LogP contribution in [-0.2, 0) is 48.7 Å². The molecule has 630 valence electrons. The Hall–Kier alpha value is -10.8. The van der Waals surface area contributed by atoms with Gasteiger partial charge in [-0.25, -0.2) is 4.79 Å². The second-order valence-electron chi connectivity index (χ2n) is 37.3. The lowest BCUT2D eigenvalue weighted by atomic mass is 9.86. The second-order valence-corrected chi connectivity index (χ2v) is 37.3. The minimum absolute atomic E-state index is 0.00514. The smallest absolute Gasteiger partial charge is 0.339 e. The summed E-state index contributed by atoms with van der Waals surface area (Å²) in [5.74, 6) is 3.61. The molecular weight excluding hydrogens is 1450 g/mol. The lowest BCUT2D eigenvalue weighted by Gasteiger charge is -2.23. The first kappa shape index (κ1) is 98.4. The van der Waals surface area contributed by atoms with Crippen molar-refractivity contribution in [2.24, 2.45) is 0 Å². The van der Waals surface area contributed by atoms with Crippen LogP contribution in [0.15, 0.2) is 170 Å². The Balaban J connectivity index is 0.000000336. The Morgan fingerprint density at radius 1 is 0.278 bits per heavy atom. The lowest BCUT2D eigenvalue weighted by molar-refractivity contribution is 0.0693. The fraction of sp³-hybridized carbons (Fsp3) is 0.433. The van der Waals surface area contributed by atoms with Crippen LogP contribution in [0, 0.1) is 0 Å². The van der Waals surface area contributed by atoms with Crippen LogP contribution in [-0.4, -0.2) is 98.4 Å². The van der Waals surface area contributed by atoms with Gasteiger partial charge in [-0.3, -0.25) is 0 Å². The van der Waals surface area contributed by atoms with Gasteiger partial charge in [-0.15, -0.1) is 0 Å². The normalized spacial score (nSPS) is 12.3. The number of aromatic hydroxyl groups is 9. The third kappa shape index (κ3) is 32.6. The van der Waals surface area contributed by atoms with Crippen LogP contribution in [0.4, 0.5) is 0 Å². The third-order valence-electron chi connectivity index (χ3n) is 18.2. The van der Waals surface area contributed by atoms with E-state index in [1.54, 1.807) is 57.7 Å². The van der Waals surface area contributed by atoms with E-state index in [2.05, 4.69) is 179 Å². The van der Waals surface area contributed by atoms with Crippen LogP contribution in [0.5, 0.6) is 92.0 Å². The van der Waals surface area contributed by atoms with Crippen molar-refractivity contribution < 1.29 is 89.0 Å². The summed E-state index contributed by atoms with van der Waals surface area (Å²) in [5, 5.41) is 91.3. The minimum atomic E-state index is -1.10. The summed E-state index contributed by atoms with van der Waals surface area (Å²) in [6.07, 6.45) is 0. The molecule has 0 radical (unpaired) electrons. The molecule has 18 nitrogen and oxygen atoms in total. The predicted molar refractivity (Wildman–Crippen MR) is 465 cm³/mol. The number of hydrogen-bond donors (Lipinski definition) is 10. The first-order chi connectivity index (χ1) is 52.6. The number of phenols is 9. The van der Waals surface area contributed by atoms with Gasteiger partial charge >= 0.3 is 5.97 Å². The van der Waals surface area contributed by atoms with Crippen molar-refractivity contribution in [1.82, 2.24) is 0 Å². The summed E-state index contributed by atoms with van der Waals surface area (Å²) >= 11 is 0. The first-order valence-corrected chi connectivity index (χ1v) is 38.5. The minimum Gasteiger partial charge on any atom is -0.508 e. The van der Waals surface area contributed by atoms with Gasteiger partial charge in [-0.2, -0.15) is 0 Å². The zero-order chi connectivity index (χ0) is 88.0. The number of carbonyl (C=O) groups is 1. The molecule has 0 bridgehead atoms. The highest BCUT2D eigenvalue weighted by molar-refractivity contribution is 5.91. The lowest BCUT2D eigenvalue weighted by Crippen LogP contribution is -2.17. The van der Waals surface area contributed by atoms with Crippen molar-refractivity contribution in [2.75, 3.05) is 41.3 Å². The van der Waals surface area contributed by atoms with E-state index < -0.39 is 11.7 Å². The number of hydrogen-bond acceptors (Lipinski definition) is 17. The fourth-order valence-corrected chi connectivity index (χ4v) is 10.5. The van der Waals surface area contributed by atoms with E-state index >= 15 is 0 Å². The number of carboxylic acids is 1. The maximum Gasteiger partial charge on any atom is 0.339 e. The van der Waals surface area contributed by atoms with Crippen LogP contribution < -0.4 is 33.2 Å². The molecule has 0 spiro atoms. The highest BCUT2D eigenvalue weighted by Gasteiger charge is 2.25. The van der Waals surface area contributed by atoms with E-state index in [0.29, 0.717) is 48.4 Å². The Kier molecular flexibility index (Phi) is 35.1. The van der Waals surface area contributed by atoms with Gasteiger partial charge in [0.1, 0.15) is 41.8 Å². The van der Waals surface area contributed by atoms with Gasteiger partial charge in [0.25, 0.3) is 0 Å². The topological polar surface area (TPSA) is 284 Å². The van der Waals surface area contributed by atoms with E-state index in [4.69, 9.17) is 53.6 Å². The van der Waals surface area contributed by atoms with Gasteiger partial charge in [0.15, 0.2) is 63.2 Å². The Bertz CT molecular complexity index is 4460. The van der Waals surface area contributed by atoms with Crippen LogP contribution in [0.2, 0.25) is 0 Å². The highest BCUT2D eigenvalue weighted by Crippen LogP contribution is 2.43. The van der Waals surface area contributed by atoms with Gasteiger partial charge in [0, 0.05) is 6.07 Å². The summed E-state index contributed by atoms with van der Waals surface area (Å²) in [4.78, 5) is 10.7. The molecule has 0 aromatic heterocycles. The molecule has 2 heterocycles. The van der Waals surface area contributed by atoms with Crippen LogP contribution in [0.1, 0.15) is 247 Å². The molecule has 10 N–H and O–H groups in total. The van der Waals surface area contributed by atoms with Gasteiger partial charge in [0.05, 0.1) is 21.3 Å². The fourth-order valence-electron chi connectivity index (χ4n) is 10.5. The summed E-state index contributed by atoms with van der Waals surface area (Å²) in [6.45, 7) is 58.5. The average molecular weight is 1590 g/mol. The number of phenolic OH excluding ortho intramolecular Hbond substituents is 8. The summed E-state index contributed by atoms with van der Waals surface area (Å²) in [7, 11) is 4.87. The van der Waals surface area contributed by atoms with Gasteiger partial charge < -0.3 is 84.2 Å². The Morgan fingerprint density at radius 2 is 0.591 bits per heavy atom. The summed E-state index contributed by atoms with van der Waals surface area (Å²) < 4.78 is 37.5. The van der Waals surface area contributed by atoms with E-state index in [0.717, 1.165) is 50.8 Å². The monoisotopic (exact) mass is 1590 g/mol. The molecule has 9 aromatic carbocycles. The van der Waals surface area contributed by atoms with E-state index in [1.165, 1.54) is 58.7 Å². The zero-order valence-electron chi connectivity index (χ0n) is 74.0. The molecule has 0 aliphatic carbocycles. The SMILES string of the molecule is CC(C)(C)c1cc(O)c(O)c(O)c1.CC(C)(C)c1cc(O)cc(O)c1.CC(C)(C)c1ccc(O)c(C(=O)O)c1.CC(C)(C)c1ccc(O)c(O)c1.CC(C)(C)c1ccc(O)cc1.CC(C)(C)c1ccc2c(c1)OCCO2.CC(C)(C)c1ccc2c(c1)OCO2.CC(C)(C)c1ccccc1.COc1cc(C(C)(C)C)cc(OC)c1OC. The molecule has 0 atom stereocenters. The van der Waals surface area contributed by atoms with Gasteiger partial charge in [-0.1, -0.05) is 254 Å². The number of carboxylic acid groups (broad SMARTS) is 1. The van der Waals surface area contributed by atoms with Crippen LogP contribution in [0.25, 0.3) is 0 Å². The standard InChI is InChI=1S/C13H20O3.C12H16O2.C11H14O3.C11H14O2.C10H14O3.2C10H14O2.C10H14O.C10H14/c1-13(2,3)9-7-10(14-4)12(16-6)11(8-9)15-5;1-12(2,3)9-4-5-10-11(8-9)14-7-6-13-10;1-11(2,3)7-4-5-9(12)8(6-7)10(13)14;1-11(2,3)8-4-5-9-10(6-8)13-7-12-9;1-10(2,3)6-4-7(11)9(13)8(12)5-6;1-10(2,3)7-4-8(11)6-9(12)5-7;1-10(2,3)7-4-5-8(11)9(12)6-7;1-10(2,3)8-4-6-9(11)7-5-8;1-10(2,3)9-7-5-4-6-8-9/h7-8H,1-6H3;4-5,8H,6-7H2,1-3H3;4-6,12H,1-3H3,(H,13,14);4-6H,7H2,1-3H3;4-5,11-13H,1-3H3;2*4-6,11-12H,1-3H3;4-7,11H,1-3H3;4-8H,1-3H3. The maximum absolute atomic E-state index is 10.7. The summed E-state index contributed by atoms with van der Waals surface area (Å²) in [6, 6.07) is 51.3. The molecule has 0 unspecified atom stereocenters. The molecule has 18 heteroatoms. The van der Waals surface area contributed by atoms with E-state index in [1.807, 2.05) is 105 Å². The number of methoxy groups -OCH3 is 3. The number of ether oxygens (including phenoxy) is 7. The zero-order valence-corrected chi connectivity index (χ0v) is 74.0. The number of aromatic carboxylic acids is 1. The second kappa shape index (κ2) is 41.0. The quantitative estimate of drug-likeness (QED) is 0.0733. The maximum atomic E-state index is 10.7. The highest BCUT2D eigenvalue weighted by atomic mass is 16.7. The van der Waals surface area contributed by atoms with E-state index in [9.17, 15) is 35.4 Å². The molecule has 2 aliphatic heterocycles. The summed E-state index contributed by atoms with van der Waals surface area (Å²) in [5.41, 5.74) is 10.5. The van der Waals surface area contributed by atoms with Crippen molar-refractivity contribution in [1.29, 1.82) is 0 Å². The molecule has 2 aliphatic rings. The Labute approximate surface area is 686 Å². The van der Waals surface area contributed by atoms with Crippen molar-refractivity contribution in [3.05, 3.63) is 225 Å². The molecule has 0 amide bonds. The van der Waals surface area contributed by atoms with Crippen molar-refractivity contribution in [3.63, 3.8) is 0 Å². The van der Waals surface area contributed by atoms with Crippen LogP contribution >= 0.6 is 0 Å². The molecule has 0 saturated carbocycles. The molecular formula is C97H134O18. The van der Waals surface area contributed by atoms with Crippen LogP contribution in [0.3, 0.4) is 0 Å². The molecule has 11 rings (SSSR count). The Morgan fingerprint density at radius 3 is 0.965 bits per heavy atom. The molecule has 115 heavy (non-hydrogen) atoms. The molecule has 0 fully saturated rings. The van der Waals surface area contributed by atoms with E-state index in [-0.39, 0.29) is 89.1 Å².